The second-order valence-corrected chi connectivity index (χ2v) is 4.00. The Bertz CT molecular complexity index is 482. The van der Waals surface area contributed by atoms with Crippen molar-refractivity contribution in [2.24, 2.45) is 4.99 Å². The molecule has 0 aromatic rings. The summed E-state index contributed by atoms with van der Waals surface area (Å²) in [5.41, 5.74) is 0. The predicted octanol–water partition coefficient (Wildman–Crippen LogP) is -0.218. The normalized spacial score (nSPS) is 10.7. The Morgan fingerprint density at radius 1 is 1.00 bits per heavy atom. The third-order valence-electron chi connectivity index (χ3n) is 1.94. The average molecular weight is 300 g/mol. The minimum Gasteiger partial charge on any atom is -0.481 e. The summed E-state index contributed by atoms with van der Waals surface area (Å²) in [4.78, 5) is 57.8. The summed E-state index contributed by atoms with van der Waals surface area (Å²) < 4.78 is 4.73. The summed E-state index contributed by atoms with van der Waals surface area (Å²) in [7, 11) is 0. The van der Waals surface area contributed by atoms with E-state index in [4.69, 9.17) is 9.84 Å². The molecule has 0 saturated heterocycles. The van der Waals surface area contributed by atoms with Gasteiger partial charge in [-0.1, -0.05) is 0 Å². The highest BCUT2D eigenvalue weighted by Crippen LogP contribution is 2.01. The smallest absolute Gasteiger partial charge is 0.312 e. The zero-order valence-corrected chi connectivity index (χ0v) is 11.7. The first-order valence-corrected chi connectivity index (χ1v) is 6.01. The van der Waals surface area contributed by atoms with Crippen LogP contribution in [0.1, 0.15) is 39.5 Å². The summed E-state index contributed by atoms with van der Waals surface area (Å²) in [6.45, 7) is 2.27. The molecule has 0 aromatic heterocycles. The van der Waals surface area contributed by atoms with E-state index in [9.17, 15) is 24.0 Å². The van der Waals surface area contributed by atoms with Crippen LogP contribution in [-0.4, -0.2) is 40.7 Å². The lowest BCUT2D eigenvalue weighted by molar-refractivity contribution is -0.139. The van der Waals surface area contributed by atoms with Gasteiger partial charge in [0.2, 0.25) is 23.6 Å². The van der Waals surface area contributed by atoms with Crippen LogP contribution in [0.2, 0.25) is 0 Å². The maximum Gasteiger partial charge on any atom is 0.312 e. The molecular formula is C12H16N2O7. The number of ether oxygens (including phenoxy) is 1. The highest BCUT2D eigenvalue weighted by molar-refractivity contribution is 5.98. The van der Waals surface area contributed by atoms with Crippen molar-refractivity contribution in [3.05, 3.63) is 0 Å². The molecule has 0 aliphatic carbocycles. The molecule has 0 aliphatic heterocycles. The van der Waals surface area contributed by atoms with E-state index >= 15 is 0 Å². The maximum atomic E-state index is 11.4. The van der Waals surface area contributed by atoms with Gasteiger partial charge in [0.05, 0.1) is 12.8 Å². The molecule has 0 rings (SSSR count). The highest BCUT2D eigenvalue weighted by atomic mass is 16.5. The van der Waals surface area contributed by atoms with Gasteiger partial charge in [-0.25, -0.2) is 0 Å². The zero-order valence-electron chi connectivity index (χ0n) is 11.7. The first-order valence-electron chi connectivity index (χ1n) is 6.01. The number of nitrogens with one attached hydrogen (secondary N) is 1. The molecule has 9 heteroatoms. The number of carbonyl (C=O) groups is 5. The third kappa shape index (κ3) is 11.0. The van der Waals surface area contributed by atoms with Crippen LogP contribution >= 0.6 is 0 Å². The Kier molecular flexibility index (Phi) is 8.20. The van der Waals surface area contributed by atoms with Crippen molar-refractivity contribution in [3.63, 3.8) is 0 Å². The Balaban J connectivity index is 4.40. The van der Waals surface area contributed by atoms with Gasteiger partial charge in [0, 0.05) is 26.7 Å². The molecule has 3 amide bonds. The van der Waals surface area contributed by atoms with Gasteiger partial charge in [0.15, 0.2) is 0 Å². The van der Waals surface area contributed by atoms with Crippen LogP contribution < -0.4 is 5.32 Å². The number of nitrogens with zero attached hydrogens (tertiary/aromatic N) is 1. The lowest BCUT2D eigenvalue weighted by Crippen LogP contribution is -2.28. The number of rotatable bonds is 6. The van der Waals surface area contributed by atoms with Crippen molar-refractivity contribution in [2.45, 2.75) is 39.5 Å². The molecule has 0 radical (unpaired) electrons. The summed E-state index contributed by atoms with van der Waals surface area (Å²) in [6, 6.07) is 0. The number of carbonyl (C=O) groups excluding carboxylic acids is 4. The van der Waals surface area contributed by atoms with Crippen LogP contribution in [0.15, 0.2) is 4.99 Å². The summed E-state index contributed by atoms with van der Waals surface area (Å²) in [5.74, 6) is -4.13. The van der Waals surface area contributed by atoms with Crippen LogP contribution in [-0.2, 0) is 28.7 Å². The fraction of sp³-hybridized carbons (Fsp3) is 0.500. The van der Waals surface area contributed by atoms with E-state index in [-0.39, 0.29) is 31.6 Å². The molecule has 0 spiro atoms. The van der Waals surface area contributed by atoms with Crippen molar-refractivity contribution in [1.29, 1.82) is 0 Å². The van der Waals surface area contributed by atoms with Gasteiger partial charge < -0.3 is 9.84 Å². The van der Waals surface area contributed by atoms with E-state index in [1.807, 2.05) is 5.32 Å². The summed E-state index contributed by atoms with van der Waals surface area (Å²) >= 11 is 0. The van der Waals surface area contributed by atoms with E-state index in [1.54, 1.807) is 0 Å². The van der Waals surface area contributed by atoms with Gasteiger partial charge in [-0.15, -0.1) is 0 Å². The van der Waals surface area contributed by atoms with Crippen molar-refractivity contribution in [2.75, 3.05) is 0 Å². The highest BCUT2D eigenvalue weighted by Gasteiger charge is 2.14. The molecule has 0 bridgehead atoms. The number of hydrogen-bond acceptors (Lipinski definition) is 6. The molecule has 0 fully saturated rings. The number of imide groups is 1. The maximum absolute atomic E-state index is 11.4. The van der Waals surface area contributed by atoms with Gasteiger partial charge in [-0.05, 0) is 0 Å². The minimum absolute atomic E-state index is 0.222. The Hall–Kier alpha value is -2.58. The molecule has 2 N–H and O–H groups in total. The second kappa shape index (κ2) is 9.34. The molecule has 0 atom stereocenters. The first-order chi connectivity index (χ1) is 9.70. The fourth-order valence-electron chi connectivity index (χ4n) is 1.18. The quantitative estimate of drug-likeness (QED) is 0.392. The molecule has 116 valence electrons. The van der Waals surface area contributed by atoms with Gasteiger partial charge in [-0.3, -0.25) is 29.3 Å². The standard InChI is InChI=1S/C12H16N2O7/c1-7(15)13-9(17)3-6-12(20)21-10(14-8(2)16)4-5-11(18)19/h3-6H2,1-2H3,(H,18,19)(H,13,15,17). The molecular weight excluding hydrogens is 284 g/mol. The van der Waals surface area contributed by atoms with Crippen LogP contribution in [0.3, 0.4) is 0 Å². The Morgan fingerprint density at radius 2 is 1.62 bits per heavy atom. The molecule has 9 nitrogen and oxygen atoms in total. The van der Waals surface area contributed by atoms with Crippen LogP contribution in [0, 0.1) is 0 Å². The van der Waals surface area contributed by atoms with E-state index in [0.717, 1.165) is 13.8 Å². The monoisotopic (exact) mass is 300 g/mol. The topological polar surface area (TPSA) is 139 Å². The number of amides is 3. The number of esters is 1. The van der Waals surface area contributed by atoms with Gasteiger partial charge in [0.1, 0.15) is 0 Å². The van der Waals surface area contributed by atoms with Crippen molar-refractivity contribution in [3.8, 4) is 0 Å². The van der Waals surface area contributed by atoms with E-state index in [1.165, 1.54) is 0 Å². The van der Waals surface area contributed by atoms with E-state index in [0.29, 0.717) is 0 Å². The van der Waals surface area contributed by atoms with Crippen molar-refractivity contribution >= 4 is 35.6 Å². The predicted molar refractivity (Wildman–Crippen MR) is 69.1 cm³/mol. The molecule has 0 saturated carbocycles. The van der Waals surface area contributed by atoms with Crippen LogP contribution in [0.4, 0.5) is 0 Å². The lowest BCUT2D eigenvalue weighted by atomic mass is 10.3. The SMILES string of the molecule is CC(=O)N=C(CCC(=O)O)OC(=O)CCC(=O)NC(C)=O. The Labute approximate surface area is 120 Å². The third-order valence-corrected chi connectivity index (χ3v) is 1.94. The molecule has 0 heterocycles. The fourth-order valence-corrected chi connectivity index (χ4v) is 1.18. The zero-order chi connectivity index (χ0) is 16.4. The van der Waals surface area contributed by atoms with Gasteiger partial charge in [-0.2, -0.15) is 4.99 Å². The first kappa shape index (κ1) is 18.4. The van der Waals surface area contributed by atoms with Crippen LogP contribution in [0.25, 0.3) is 0 Å². The molecule has 0 aliphatic rings. The summed E-state index contributed by atoms with van der Waals surface area (Å²) in [5, 5.41) is 10.5. The largest absolute Gasteiger partial charge is 0.481 e. The number of carboxylic acids is 1. The number of aliphatic imine (C=N–C) groups is 1. The van der Waals surface area contributed by atoms with Crippen molar-refractivity contribution < 1.29 is 33.8 Å². The number of hydrogen-bond donors (Lipinski definition) is 2. The molecule has 21 heavy (non-hydrogen) atoms. The minimum atomic E-state index is -1.14. The molecule has 0 unspecified atom stereocenters. The molecule has 0 aromatic carbocycles. The summed E-state index contributed by atoms with van der Waals surface area (Å²) in [6.07, 6.45) is -1.18. The second-order valence-electron chi connectivity index (χ2n) is 4.00. The van der Waals surface area contributed by atoms with Crippen molar-refractivity contribution in [1.82, 2.24) is 5.32 Å². The van der Waals surface area contributed by atoms with Gasteiger partial charge >= 0.3 is 11.9 Å². The van der Waals surface area contributed by atoms with E-state index < -0.39 is 29.7 Å². The number of carboxylic acid groups (broad SMARTS) is 1. The van der Waals surface area contributed by atoms with Crippen LogP contribution in [0.5, 0.6) is 0 Å². The van der Waals surface area contributed by atoms with Gasteiger partial charge in [0.25, 0.3) is 0 Å². The average Bonchev–Trinajstić information content (AvgIpc) is 2.32. The van der Waals surface area contributed by atoms with E-state index in [2.05, 4.69) is 4.99 Å². The Morgan fingerprint density at radius 3 is 2.10 bits per heavy atom. The number of aliphatic carboxylic acids is 1. The lowest BCUT2D eigenvalue weighted by Gasteiger charge is -2.06.